The quantitative estimate of drug-likeness (QED) is 0.584. The van der Waals surface area contributed by atoms with Crippen molar-refractivity contribution in [2.24, 2.45) is 0 Å². The van der Waals surface area contributed by atoms with Crippen molar-refractivity contribution in [3.63, 3.8) is 0 Å². The van der Waals surface area contributed by atoms with Crippen molar-refractivity contribution in [2.75, 3.05) is 35.7 Å². The van der Waals surface area contributed by atoms with E-state index in [0.717, 1.165) is 17.1 Å². The number of rotatable bonds is 8. The van der Waals surface area contributed by atoms with Gasteiger partial charge in [-0.3, -0.25) is 9.59 Å². The van der Waals surface area contributed by atoms with Crippen LogP contribution in [0.2, 0.25) is 0 Å². The van der Waals surface area contributed by atoms with Gasteiger partial charge in [0, 0.05) is 29.7 Å². The van der Waals surface area contributed by atoms with Gasteiger partial charge < -0.3 is 20.3 Å². The van der Waals surface area contributed by atoms with E-state index in [1.165, 1.54) is 0 Å². The minimum Gasteiger partial charge on any atom is -0.494 e. The molecule has 0 atom stereocenters. The summed E-state index contributed by atoms with van der Waals surface area (Å²) in [6.07, 6.45) is 0. The molecule has 6 heteroatoms. The lowest BCUT2D eigenvalue weighted by Gasteiger charge is -2.17. The van der Waals surface area contributed by atoms with E-state index in [0.29, 0.717) is 17.9 Å². The van der Waals surface area contributed by atoms with E-state index in [1.54, 1.807) is 36.2 Å². The average Bonchev–Trinajstić information content (AvgIpc) is 2.78. The molecule has 0 saturated heterocycles. The van der Waals surface area contributed by atoms with Gasteiger partial charge in [-0.25, -0.2) is 0 Å². The molecular weight excluding hydrogens is 378 g/mol. The predicted octanol–water partition coefficient (Wildman–Crippen LogP) is 4.41. The number of carbonyl (C=O) groups excluding carboxylic acids is 2. The summed E-state index contributed by atoms with van der Waals surface area (Å²) < 4.78 is 5.40. The predicted molar refractivity (Wildman–Crippen MR) is 120 cm³/mol. The maximum atomic E-state index is 12.8. The number of nitrogens with one attached hydrogen (secondary N) is 2. The van der Waals surface area contributed by atoms with Crippen LogP contribution in [0.15, 0.2) is 78.9 Å². The van der Waals surface area contributed by atoms with Gasteiger partial charge in [0.2, 0.25) is 5.91 Å². The Morgan fingerprint density at radius 1 is 0.900 bits per heavy atom. The van der Waals surface area contributed by atoms with Crippen molar-refractivity contribution >= 4 is 28.9 Å². The van der Waals surface area contributed by atoms with Crippen molar-refractivity contribution in [3.8, 4) is 5.75 Å². The molecule has 3 rings (SSSR count). The third kappa shape index (κ3) is 5.61. The fourth-order valence-corrected chi connectivity index (χ4v) is 2.92. The first kappa shape index (κ1) is 20.9. The summed E-state index contributed by atoms with van der Waals surface area (Å²) in [6, 6.07) is 23.7. The van der Waals surface area contributed by atoms with E-state index >= 15 is 0 Å². The number of carbonyl (C=O) groups is 2. The van der Waals surface area contributed by atoms with Gasteiger partial charge in [0.05, 0.1) is 13.2 Å². The van der Waals surface area contributed by atoms with E-state index in [1.807, 2.05) is 61.5 Å². The molecule has 0 heterocycles. The van der Waals surface area contributed by atoms with Gasteiger partial charge in [-0.2, -0.15) is 0 Å². The highest BCUT2D eigenvalue weighted by Gasteiger charge is 2.14. The minimum absolute atomic E-state index is 0.107. The molecule has 30 heavy (non-hydrogen) atoms. The Morgan fingerprint density at radius 2 is 1.63 bits per heavy atom. The summed E-state index contributed by atoms with van der Waals surface area (Å²) in [7, 11) is 1.73. The molecule has 2 amide bonds. The van der Waals surface area contributed by atoms with E-state index in [2.05, 4.69) is 10.6 Å². The Balaban J connectivity index is 1.57. The smallest absolute Gasteiger partial charge is 0.258 e. The number of nitrogens with zero attached hydrogens (tertiary/aromatic N) is 1. The highest BCUT2D eigenvalue weighted by molar-refractivity contribution is 6.06. The van der Waals surface area contributed by atoms with E-state index in [4.69, 9.17) is 4.74 Å². The molecule has 0 aromatic heterocycles. The van der Waals surface area contributed by atoms with Gasteiger partial charge in [0.1, 0.15) is 5.75 Å². The second-order valence-electron chi connectivity index (χ2n) is 6.64. The summed E-state index contributed by atoms with van der Waals surface area (Å²) in [4.78, 5) is 26.6. The number of para-hydroxylation sites is 1. The first-order chi connectivity index (χ1) is 14.6. The van der Waals surface area contributed by atoms with Crippen LogP contribution in [0, 0.1) is 0 Å². The van der Waals surface area contributed by atoms with E-state index in [9.17, 15) is 9.59 Å². The van der Waals surface area contributed by atoms with Crippen molar-refractivity contribution < 1.29 is 14.3 Å². The lowest BCUT2D eigenvalue weighted by molar-refractivity contribution is -0.114. The molecule has 0 aliphatic heterocycles. The standard InChI is InChI=1S/C24H25N3O3/c1-3-30-22-14-12-19(13-15-22)25-17-23(28)26-20-9-7-8-18(16-20)24(29)27(2)21-10-5-4-6-11-21/h4-16,25H,3,17H2,1-2H3,(H,26,28). The van der Waals surface area contributed by atoms with Crippen molar-refractivity contribution in [1.29, 1.82) is 0 Å². The van der Waals surface area contributed by atoms with Gasteiger partial charge in [0.15, 0.2) is 0 Å². The molecule has 3 aromatic rings. The molecule has 3 aromatic carbocycles. The average molecular weight is 403 g/mol. The molecular formula is C24H25N3O3. The Kier molecular flexibility index (Phi) is 7.05. The Hall–Kier alpha value is -3.80. The van der Waals surface area contributed by atoms with E-state index < -0.39 is 0 Å². The maximum absolute atomic E-state index is 12.8. The van der Waals surface area contributed by atoms with Crippen LogP contribution < -0.4 is 20.3 Å². The van der Waals surface area contributed by atoms with Gasteiger partial charge in [-0.1, -0.05) is 24.3 Å². The molecule has 6 nitrogen and oxygen atoms in total. The summed E-state index contributed by atoms with van der Waals surface area (Å²) in [5.41, 5.74) is 2.69. The summed E-state index contributed by atoms with van der Waals surface area (Å²) in [5, 5.41) is 5.89. The zero-order chi connectivity index (χ0) is 21.3. The third-order valence-corrected chi connectivity index (χ3v) is 4.46. The van der Waals surface area contributed by atoms with Crippen LogP contribution in [-0.2, 0) is 4.79 Å². The zero-order valence-electron chi connectivity index (χ0n) is 17.1. The third-order valence-electron chi connectivity index (χ3n) is 4.46. The molecule has 2 N–H and O–H groups in total. The van der Waals surface area contributed by atoms with Crippen LogP contribution in [0.1, 0.15) is 17.3 Å². The highest BCUT2D eigenvalue weighted by atomic mass is 16.5. The van der Waals surface area contributed by atoms with Gasteiger partial charge in [-0.05, 0) is 61.5 Å². The number of benzene rings is 3. The SMILES string of the molecule is CCOc1ccc(NCC(=O)Nc2cccc(C(=O)N(C)c3ccccc3)c2)cc1. The normalized spacial score (nSPS) is 10.2. The van der Waals surface area contributed by atoms with Crippen molar-refractivity contribution in [3.05, 3.63) is 84.4 Å². The zero-order valence-corrected chi connectivity index (χ0v) is 17.1. The topological polar surface area (TPSA) is 70.7 Å². The molecule has 0 spiro atoms. The highest BCUT2D eigenvalue weighted by Crippen LogP contribution is 2.18. The first-order valence-corrected chi connectivity index (χ1v) is 9.76. The number of anilines is 3. The van der Waals surface area contributed by atoms with Gasteiger partial charge in [0.25, 0.3) is 5.91 Å². The molecule has 0 unspecified atom stereocenters. The van der Waals surface area contributed by atoms with Gasteiger partial charge in [-0.15, -0.1) is 0 Å². The van der Waals surface area contributed by atoms with E-state index in [-0.39, 0.29) is 18.4 Å². The first-order valence-electron chi connectivity index (χ1n) is 9.76. The molecule has 0 aliphatic rings. The molecule has 154 valence electrons. The number of amides is 2. The van der Waals surface area contributed by atoms with Gasteiger partial charge >= 0.3 is 0 Å². The van der Waals surface area contributed by atoms with Crippen molar-refractivity contribution in [2.45, 2.75) is 6.92 Å². The van der Waals surface area contributed by atoms with Crippen LogP contribution in [-0.4, -0.2) is 32.0 Å². The van der Waals surface area contributed by atoms with Crippen LogP contribution in [0.25, 0.3) is 0 Å². The molecule has 0 aliphatic carbocycles. The summed E-state index contributed by atoms with van der Waals surface area (Å²) >= 11 is 0. The number of ether oxygens (including phenoxy) is 1. The minimum atomic E-state index is -0.204. The molecule has 0 saturated carbocycles. The molecule has 0 bridgehead atoms. The van der Waals surface area contributed by atoms with Crippen LogP contribution in [0.3, 0.4) is 0 Å². The fraction of sp³-hybridized carbons (Fsp3) is 0.167. The maximum Gasteiger partial charge on any atom is 0.258 e. The van der Waals surface area contributed by atoms with Crippen LogP contribution in [0.4, 0.5) is 17.1 Å². The van der Waals surface area contributed by atoms with Crippen molar-refractivity contribution in [1.82, 2.24) is 0 Å². The number of hydrogen-bond acceptors (Lipinski definition) is 4. The molecule has 0 radical (unpaired) electrons. The second-order valence-corrected chi connectivity index (χ2v) is 6.64. The lowest BCUT2D eigenvalue weighted by Crippen LogP contribution is -2.26. The lowest BCUT2D eigenvalue weighted by atomic mass is 10.1. The second kappa shape index (κ2) is 10.1. The fourth-order valence-electron chi connectivity index (χ4n) is 2.92. The van der Waals surface area contributed by atoms with Crippen LogP contribution >= 0.6 is 0 Å². The largest absolute Gasteiger partial charge is 0.494 e. The van der Waals surface area contributed by atoms with Crippen LogP contribution in [0.5, 0.6) is 5.75 Å². The Bertz CT molecular complexity index is 988. The molecule has 0 fully saturated rings. The summed E-state index contributed by atoms with van der Waals surface area (Å²) in [6.45, 7) is 2.65. The monoisotopic (exact) mass is 403 g/mol. The number of hydrogen-bond donors (Lipinski definition) is 2. The Morgan fingerprint density at radius 3 is 2.33 bits per heavy atom. The Labute approximate surface area is 176 Å². The summed E-state index contributed by atoms with van der Waals surface area (Å²) in [5.74, 6) is 0.434.